The first kappa shape index (κ1) is 19.6. The highest BCUT2D eigenvalue weighted by Crippen LogP contribution is 2.46. The summed E-state index contributed by atoms with van der Waals surface area (Å²) >= 11 is 0. The zero-order chi connectivity index (χ0) is 20.0. The van der Waals surface area contributed by atoms with Crippen molar-refractivity contribution in [2.45, 2.75) is 71.2 Å². The van der Waals surface area contributed by atoms with Gasteiger partial charge in [0.2, 0.25) is 0 Å². The molecular weight excluding hydrogens is 345 g/mol. The normalized spacial score (nSPS) is 28.4. The largest absolute Gasteiger partial charge is 0.444 e. The van der Waals surface area contributed by atoms with E-state index in [9.17, 15) is 14.0 Å². The molecule has 5 heteroatoms. The topological polar surface area (TPSA) is 55.4 Å². The van der Waals surface area contributed by atoms with Crippen molar-refractivity contribution in [2.75, 3.05) is 0 Å². The number of ketones is 1. The first-order chi connectivity index (χ1) is 12.5. The van der Waals surface area contributed by atoms with Gasteiger partial charge in [0.1, 0.15) is 11.3 Å². The molecule has 1 aromatic rings. The van der Waals surface area contributed by atoms with Gasteiger partial charge in [-0.3, -0.25) is 4.79 Å². The van der Waals surface area contributed by atoms with Crippen LogP contribution < -0.4 is 5.32 Å². The molecule has 0 spiro atoms. The Bertz CT molecular complexity index is 804. The summed E-state index contributed by atoms with van der Waals surface area (Å²) in [7, 11) is 0. The van der Waals surface area contributed by atoms with Crippen LogP contribution in [0.15, 0.2) is 29.8 Å². The lowest BCUT2D eigenvalue weighted by Gasteiger charge is -2.41. The summed E-state index contributed by atoms with van der Waals surface area (Å²) in [4.78, 5) is 24.5. The van der Waals surface area contributed by atoms with Crippen LogP contribution in [-0.4, -0.2) is 23.1 Å². The lowest BCUT2D eigenvalue weighted by molar-refractivity contribution is 0.0503. The van der Waals surface area contributed by atoms with Crippen molar-refractivity contribution in [3.63, 3.8) is 0 Å². The molecule has 0 bridgehead atoms. The second kappa shape index (κ2) is 6.77. The van der Waals surface area contributed by atoms with Gasteiger partial charge in [-0.25, -0.2) is 9.18 Å². The van der Waals surface area contributed by atoms with E-state index in [0.717, 1.165) is 29.5 Å². The summed E-state index contributed by atoms with van der Waals surface area (Å²) in [5, 5.41) is 2.91. The third kappa shape index (κ3) is 4.23. The van der Waals surface area contributed by atoms with Gasteiger partial charge in [0.05, 0.1) is 6.04 Å². The number of nitrogens with one attached hydrogen (secondary N) is 1. The van der Waals surface area contributed by atoms with Crippen LogP contribution in [0.1, 0.15) is 75.0 Å². The number of hydrogen-bond acceptors (Lipinski definition) is 3. The number of hydrogen-bond donors (Lipinski definition) is 1. The number of allylic oxidation sites excluding steroid dienone is 2. The third-order valence-electron chi connectivity index (χ3n) is 5.52. The van der Waals surface area contributed by atoms with Crippen LogP contribution in [0, 0.1) is 5.92 Å². The first-order valence-electron chi connectivity index (χ1n) is 9.52. The van der Waals surface area contributed by atoms with Crippen LogP contribution in [0.4, 0.5) is 9.18 Å². The number of carbonyl (C=O) groups excluding carboxylic acids is 2. The Kier molecular flexibility index (Phi) is 4.91. The van der Waals surface area contributed by atoms with Crippen molar-refractivity contribution >= 4 is 11.9 Å². The molecule has 0 aromatic heterocycles. The van der Waals surface area contributed by atoms with Crippen LogP contribution in [0.3, 0.4) is 0 Å². The van der Waals surface area contributed by atoms with E-state index in [0.29, 0.717) is 12.0 Å². The van der Waals surface area contributed by atoms with Gasteiger partial charge >= 0.3 is 6.09 Å². The maximum Gasteiger partial charge on any atom is 0.408 e. The maximum absolute atomic E-state index is 13.9. The summed E-state index contributed by atoms with van der Waals surface area (Å²) in [6.07, 6.45) is 3.06. The predicted molar refractivity (Wildman–Crippen MR) is 103 cm³/mol. The zero-order valence-corrected chi connectivity index (χ0v) is 16.7. The number of fused-ring (bicyclic) bond motifs is 1. The summed E-state index contributed by atoms with van der Waals surface area (Å²) < 4.78 is 19.3. The molecule has 3 unspecified atom stereocenters. The standard InChI is InChI=1S/C22H28FNO3/c1-13-16(12-22(13,5)23)11-19(25)15-6-8-17-14(10-15)7-9-18(17)24-20(26)27-21(2,3)4/h6,8,10-11,13,18H,7,9,12H2,1-5H3,(H,24,26). The van der Waals surface area contributed by atoms with E-state index in [-0.39, 0.29) is 17.7 Å². The molecule has 0 saturated heterocycles. The van der Waals surface area contributed by atoms with Crippen molar-refractivity contribution in [2.24, 2.45) is 5.92 Å². The van der Waals surface area contributed by atoms with E-state index in [1.807, 2.05) is 39.8 Å². The smallest absolute Gasteiger partial charge is 0.408 e. The number of rotatable bonds is 3. The SMILES string of the molecule is CC1C(=CC(=O)c2ccc3c(c2)CCC3NC(=O)OC(C)(C)C)CC1(C)F. The molecule has 0 radical (unpaired) electrons. The minimum absolute atomic E-state index is 0.0845. The lowest BCUT2D eigenvalue weighted by Crippen LogP contribution is -2.40. The number of alkyl carbamates (subject to hydrolysis) is 1. The van der Waals surface area contributed by atoms with Crippen LogP contribution in [0.2, 0.25) is 0 Å². The monoisotopic (exact) mass is 373 g/mol. The molecule has 2 aliphatic rings. The average molecular weight is 373 g/mol. The van der Waals surface area contributed by atoms with E-state index in [2.05, 4.69) is 5.32 Å². The molecule has 2 aliphatic carbocycles. The van der Waals surface area contributed by atoms with Crippen LogP contribution in [0.5, 0.6) is 0 Å². The lowest BCUT2D eigenvalue weighted by atomic mass is 9.68. The third-order valence-corrected chi connectivity index (χ3v) is 5.52. The van der Waals surface area contributed by atoms with Gasteiger partial charge in [-0.1, -0.05) is 24.6 Å². The Morgan fingerprint density at radius 2 is 2.04 bits per heavy atom. The Hall–Kier alpha value is -2.17. The molecule has 0 aliphatic heterocycles. The average Bonchev–Trinajstić information content (AvgIpc) is 2.94. The fraction of sp³-hybridized carbons (Fsp3) is 0.545. The fourth-order valence-electron chi connectivity index (χ4n) is 3.76. The number of alkyl halides is 1. The van der Waals surface area contributed by atoms with E-state index < -0.39 is 17.4 Å². The summed E-state index contributed by atoms with van der Waals surface area (Å²) in [6, 6.07) is 5.48. The van der Waals surface area contributed by atoms with E-state index >= 15 is 0 Å². The van der Waals surface area contributed by atoms with E-state index in [1.54, 1.807) is 19.1 Å². The highest BCUT2D eigenvalue weighted by atomic mass is 19.1. The molecule has 0 heterocycles. The minimum atomic E-state index is -1.20. The molecule has 27 heavy (non-hydrogen) atoms. The number of aryl methyl sites for hydroxylation is 1. The molecular formula is C22H28FNO3. The maximum atomic E-state index is 13.9. The number of benzene rings is 1. The number of halogens is 1. The van der Waals surface area contributed by atoms with Crippen molar-refractivity contribution < 1.29 is 18.7 Å². The minimum Gasteiger partial charge on any atom is -0.444 e. The Morgan fingerprint density at radius 3 is 2.63 bits per heavy atom. The Balaban J connectivity index is 1.69. The predicted octanol–water partition coefficient (Wildman–Crippen LogP) is 5.08. The highest BCUT2D eigenvalue weighted by molar-refractivity contribution is 6.05. The molecule has 1 fully saturated rings. The second-order valence-electron chi connectivity index (χ2n) is 8.91. The molecule has 146 valence electrons. The van der Waals surface area contributed by atoms with E-state index in [1.165, 1.54) is 0 Å². The van der Waals surface area contributed by atoms with Crippen LogP contribution in [0.25, 0.3) is 0 Å². The summed E-state index contributed by atoms with van der Waals surface area (Å²) in [6.45, 7) is 8.88. The van der Waals surface area contributed by atoms with Gasteiger partial charge in [0.25, 0.3) is 0 Å². The van der Waals surface area contributed by atoms with Gasteiger partial charge < -0.3 is 10.1 Å². The van der Waals surface area contributed by atoms with Crippen molar-refractivity contribution in [1.29, 1.82) is 0 Å². The molecule has 3 rings (SSSR count). The number of carbonyl (C=O) groups is 2. The summed E-state index contributed by atoms with van der Waals surface area (Å²) in [5.74, 6) is -0.294. The number of ether oxygens (including phenoxy) is 1. The molecule has 3 atom stereocenters. The van der Waals surface area contributed by atoms with Crippen molar-refractivity contribution in [3.8, 4) is 0 Å². The van der Waals surface area contributed by atoms with Crippen molar-refractivity contribution in [1.82, 2.24) is 5.32 Å². The van der Waals surface area contributed by atoms with Crippen LogP contribution in [-0.2, 0) is 11.2 Å². The van der Waals surface area contributed by atoms with E-state index in [4.69, 9.17) is 4.74 Å². The van der Waals surface area contributed by atoms with Gasteiger partial charge in [0, 0.05) is 17.9 Å². The second-order valence-corrected chi connectivity index (χ2v) is 8.91. The van der Waals surface area contributed by atoms with Crippen LogP contribution >= 0.6 is 0 Å². The van der Waals surface area contributed by atoms with Gasteiger partial charge in [-0.05, 0) is 63.8 Å². The highest BCUT2D eigenvalue weighted by Gasteiger charge is 2.44. The van der Waals surface area contributed by atoms with Crippen molar-refractivity contribution in [3.05, 3.63) is 46.5 Å². The number of amides is 1. The fourth-order valence-corrected chi connectivity index (χ4v) is 3.76. The Morgan fingerprint density at radius 1 is 1.33 bits per heavy atom. The first-order valence-corrected chi connectivity index (χ1v) is 9.52. The summed E-state index contributed by atoms with van der Waals surface area (Å²) in [5.41, 5.74) is 1.83. The Labute approximate surface area is 160 Å². The molecule has 4 nitrogen and oxygen atoms in total. The van der Waals surface area contributed by atoms with Gasteiger partial charge in [-0.2, -0.15) is 0 Å². The quantitative estimate of drug-likeness (QED) is 0.594. The molecule has 1 aromatic carbocycles. The van der Waals surface area contributed by atoms with Gasteiger partial charge in [-0.15, -0.1) is 0 Å². The molecule has 1 N–H and O–H groups in total. The molecule has 1 saturated carbocycles. The van der Waals surface area contributed by atoms with Gasteiger partial charge in [0.15, 0.2) is 5.78 Å². The zero-order valence-electron chi connectivity index (χ0n) is 16.7. The molecule has 1 amide bonds.